The highest BCUT2D eigenvalue weighted by Crippen LogP contribution is 2.42. The van der Waals surface area contributed by atoms with Gasteiger partial charge in [-0.3, -0.25) is 0 Å². The molecule has 2 heterocycles. The molecule has 7 heteroatoms. The molecule has 6 nitrogen and oxygen atoms in total. The van der Waals surface area contributed by atoms with Crippen LogP contribution in [0.4, 0.5) is 4.79 Å². The molecule has 0 atom stereocenters. The number of thioether (sulfide) groups is 1. The van der Waals surface area contributed by atoms with Gasteiger partial charge in [-0.2, -0.15) is 16.7 Å². The number of carbonyl (C=O) groups excluding carboxylic acids is 1. The highest BCUT2D eigenvalue weighted by Gasteiger charge is 2.38. The van der Waals surface area contributed by atoms with E-state index in [1.54, 1.807) is 6.92 Å². The van der Waals surface area contributed by atoms with Crippen molar-refractivity contribution in [3.63, 3.8) is 0 Å². The zero-order chi connectivity index (χ0) is 14.7. The van der Waals surface area contributed by atoms with Crippen LogP contribution in [-0.4, -0.2) is 44.7 Å². The second-order valence-electron chi connectivity index (χ2n) is 5.90. The maximum Gasteiger partial charge on any atom is 0.317 e. The molecule has 1 aromatic rings. The van der Waals surface area contributed by atoms with Crippen molar-refractivity contribution in [2.75, 3.05) is 18.8 Å². The van der Waals surface area contributed by atoms with Gasteiger partial charge in [0, 0.05) is 30.5 Å². The second-order valence-corrected chi connectivity index (χ2v) is 7.46. The Hall–Kier alpha value is -1.24. The van der Waals surface area contributed by atoms with E-state index in [4.69, 9.17) is 4.52 Å². The molecule has 116 valence electrons. The molecule has 1 saturated heterocycles. The molecule has 21 heavy (non-hydrogen) atoms. The number of carbonyl (C=O) groups is 1. The Morgan fingerprint density at radius 2 is 2.24 bits per heavy atom. The largest absolute Gasteiger partial charge is 0.340 e. The zero-order valence-corrected chi connectivity index (χ0v) is 13.2. The Labute approximate surface area is 129 Å². The molecular weight excluding hydrogens is 288 g/mol. The van der Waals surface area contributed by atoms with Crippen molar-refractivity contribution in [3.05, 3.63) is 11.7 Å². The first-order chi connectivity index (χ1) is 10.2. The fourth-order valence-electron chi connectivity index (χ4n) is 3.20. The first-order valence-corrected chi connectivity index (χ1v) is 8.61. The first-order valence-electron chi connectivity index (χ1n) is 7.63. The summed E-state index contributed by atoms with van der Waals surface area (Å²) in [6.45, 7) is 3.76. The van der Waals surface area contributed by atoms with E-state index >= 15 is 0 Å². The third kappa shape index (κ3) is 3.51. The van der Waals surface area contributed by atoms with E-state index in [9.17, 15) is 4.79 Å². The van der Waals surface area contributed by atoms with Crippen LogP contribution in [-0.2, 0) is 6.54 Å². The minimum absolute atomic E-state index is 0.0114. The smallest absolute Gasteiger partial charge is 0.317 e. The number of aromatic nitrogens is 2. The van der Waals surface area contributed by atoms with E-state index in [1.165, 1.54) is 32.1 Å². The molecule has 2 amide bonds. The van der Waals surface area contributed by atoms with Crippen molar-refractivity contribution in [2.45, 2.75) is 50.3 Å². The molecule has 1 spiro atoms. The third-order valence-corrected chi connectivity index (χ3v) is 5.80. The summed E-state index contributed by atoms with van der Waals surface area (Å²) >= 11 is 2.06. The van der Waals surface area contributed by atoms with Gasteiger partial charge in [0.25, 0.3) is 0 Å². The average Bonchev–Trinajstić information content (AvgIpc) is 2.91. The fraction of sp³-hybridized carbons (Fsp3) is 0.786. The molecule has 1 N–H and O–H groups in total. The molecule has 3 rings (SSSR count). The minimum atomic E-state index is -0.0114. The predicted molar refractivity (Wildman–Crippen MR) is 81.1 cm³/mol. The van der Waals surface area contributed by atoms with Crippen molar-refractivity contribution >= 4 is 17.8 Å². The van der Waals surface area contributed by atoms with Gasteiger partial charge in [-0.1, -0.05) is 24.4 Å². The minimum Gasteiger partial charge on any atom is -0.340 e. The number of rotatable bonds is 2. The van der Waals surface area contributed by atoms with Gasteiger partial charge in [0.05, 0.1) is 6.54 Å². The lowest BCUT2D eigenvalue weighted by Gasteiger charge is -2.44. The zero-order valence-electron chi connectivity index (χ0n) is 12.4. The summed E-state index contributed by atoms with van der Waals surface area (Å²) < 4.78 is 5.21. The van der Waals surface area contributed by atoms with Crippen LogP contribution in [0.1, 0.15) is 43.8 Å². The maximum atomic E-state index is 12.3. The number of aryl methyl sites for hydroxylation is 1. The molecule has 0 aromatic carbocycles. The normalized spacial score (nSPS) is 21.5. The number of urea groups is 1. The highest BCUT2D eigenvalue weighted by atomic mass is 32.2. The van der Waals surface area contributed by atoms with Gasteiger partial charge >= 0.3 is 6.03 Å². The van der Waals surface area contributed by atoms with Gasteiger partial charge in [-0.25, -0.2) is 4.79 Å². The van der Waals surface area contributed by atoms with Crippen molar-refractivity contribution in [3.8, 4) is 0 Å². The summed E-state index contributed by atoms with van der Waals surface area (Å²) in [7, 11) is 0. The topological polar surface area (TPSA) is 71.3 Å². The Bertz CT molecular complexity index is 493. The van der Waals surface area contributed by atoms with Crippen LogP contribution in [0.5, 0.6) is 0 Å². The first kappa shape index (κ1) is 14.7. The van der Waals surface area contributed by atoms with Crippen molar-refractivity contribution < 1.29 is 9.32 Å². The summed E-state index contributed by atoms with van der Waals surface area (Å²) in [5.41, 5.74) is 0. The summed E-state index contributed by atoms with van der Waals surface area (Å²) in [6, 6.07) is -0.0114. The van der Waals surface area contributed by atoms with E-state index in [0.717, 1.165) is 18.8 Å². The van der Waals surface area contributed by atoms with E-state index < -0.39 is 0 Å². The van der Waals surface area contributed by atoms with Crippen LogP contribution < -0.4 is 5.32 Å². The average molecular weight is 310 g/mol. The number of nitrogens with one attached hydrogen (secondary N) is 1. The molecular formula is C14H22N4O2S. The Balaban J connectivity index is 1.54. The standard InChI is InChI=1S/C14H22N4O2S/c1-11-16-12(17-20-11)9-15-13(19)18-7-8-21-14(10-18)5-3-2-4-6-14/h2-10H2,1H3,(H,15,19). The summed E-state index contributed by atoms with van der Waals surface area (Å²) in [5, 5.41) is 6.69. The molecule has 0 radical (unpaired) electrons. The molecule has 0 unspecified atom stereocenters. The third-order valence-electron chi connectivity index (χ3n) is 4.27. The number of hydrogen-bond acceptors (Lipinski definition) is 5. The second kappa shape index (κ2) is 6.25. The number of amides is 2. The van der Waals surface area contributed by atoms with Crippen LogP contribution in [0, 0.1) is 6.92 Å². The lowest BCUT2D eigenvalue weighted by Crippen LogP contribution is -2.52. The van der Waals surface area contributed by atoms with Crippen LogP contribution in [0.3, 0.4) is 0 Å². The van der Waals surface area contributed by atoms with Gasteiger partial charge in [-0.15, -0.1) is 0 Å². The van der Waals surface area contributed by atoms with Crippen molar-refractivity contribution in [1.82, 2.24) is 20.4 Å². The lowest BCUT2D eigenvalue weighted by molar-refractivity contribution is 0.184. The maximum absolute atomic E-state index is 12.3. The van der Waals surface area contributed by atoms with Crippen LogP contribution in [0.15, 0.2) is 4.52 Å². The van der Waals surface area contributed by atoms with Gasteiger partial charge in [0.2, 0.25) is 5.89 Å². The number of nitrogens with zero attached hydrogens (tertiary/aromatic N) is 3. The van der Waals surface area contributed by atoms with Crippen molar-refractivity contribution in [1.29, 1.82) is 0 Å². The molecule has 2 fully saturated rings. The van der Waals surface area contributed by atoms with Gasteiger partial charge in [-0.05, 0) is 12.8 Å². The summed E-state index contributed by atoms with van der Waals surface area (Å²) in [5.74, 6) is 2.09. The van der Waals surface area contributed by atoms with E-state index in [0.29, 0.717) is 23.0 Å². The van der Waals surface area contributed by atoms with E-state index in [1.807, 2.05) is 4.90 Å². The molecule has 0 bridgehead atoms. The van der Waals surface area contributed by atoms with E-state index in [-0.39, 0.29) is 6.03 Å². The SMILES string of the molecule is Cc1nc(CNC(=O)N2CCSC3(CCCCC3)C2)no1. The Morgan fingerprint density at radius 3 is 2.95 bits per heavy atom. The highest BCUT2D eigenvalue weighted by molar-refractivity contribution is 8.00. The molecule has 1 aliphatic heterocycles. The predicted octanol–water partition coefficient (Wildman–Crippen LogP) is 2.34. The van der Waals surface area contributed by atoms with Crippen molar-refractivity contribution in [2.24, 2.45) is 0 Å². The van der Waals surface area contributed by atoms with E-state index in [2.05, 4.69) is 27.2 Å². The lowest BCUT2D eigenvalue weighted by atomic mass is 9.87. The van der Waals surface area contributed by atoms with Crippen LogP contribution in [0.25, 0.3) is 0 Å². The Kier molecular flexibility index (Phi) is 4.37. The molecule has 2 aliphatic rings. The van der Waals surface area contributed by atoms with Gasteiger partial charge in [0.1, 0.15) is 0 Å². The molecule has 1 aliphatic carbocycles. The van der Waals surface area contributed by atoms with Gasteiger partial charge in [0.15, 0.2) is 5.82 Å². The number of hydrogen-bond donors (Lipinski definition) is 1. The Morgan fingerprint density at radius 1 is 1.43 bits per heavy atom. The summed E-state index contributed by atoms with van der Waals surface area (Å²) in [6.07, 6.45) is 6.41. The monoisotopic (exact) mass is 310 g/mol. The molecule has 1 aromatic heterocycles. The van der Waals surface area contributed by atoms with Gasteiger partial charge < -0.3 is 14.7 Å². The fourth-order valence-corrected chi connectivity index (χ4v) is 4.77. The van der Waals surface area contributed by atoms with Crippen LogP contribution in [0.2, 0.25) is 0 Å². The summed E-state index contributed by atoms with van der Waals surface area (Å²) in [4.78, 5) is 18.4. The van der Waals surface area contributed by atoms with Crippen LogP contribution >= 0.6 is 11.8 Å². The molecule has 1 saturated carbocycles. The quantitative estimate of drug-likeness (QED) is 0.908.